The first-order valence-electron chi connectivity index (χ1n) is 20.2. The fourth-order valence-electron chi connectivity index (χ4n) is 8.93. The minimum Gasteiger partial charge on any atom is -0.478 e. The lowest BCUT2D eigenvalue weighted by molar-refractivity contribution is -0.180. The Bertz CT molecular complexity index is 1700. The van der Waals surface area contributed by atoms with E-state index in [1.807, 2.05) is 38.1 Å². The summed E-state index contributed by atoms with van der Waals surface area (Å²) in [6, 6.07) is 12.3. The molecule has 1 heterocycles. The zero-order valence-electron chi connectivity index (χ0n) is 35.2. The quantitative estimate of drug-likeness (QED) is 0.157. The molecule has 0 saturated carbocycles. The second-order valence-electron chi connectivity index (χ2n) is 18.6. The van der Waals surface area contributed by atoms with E-state index in [1.165, 1.54) is 5.57 Å². The van der Waals surface area contributed by atoms with Crippen molar-refractivity contribution in [2.75, 3.05) is 0 Å². The molecule has 0 N–H and O–H groups in total. The van der Waals surface area contributed by atoms with Crippen LogP contribution in [0.3, 0.4) is 0 Å². The molecular formula is C45H66O7Si2. The molecule has 0 amide bonds. The molecule has 0 bridgehead atoms. The van der Waals surface area contributed by atoms with Crippen molar-refractivity contribution in [2.24, 2.45) is 34.5 Å². The van der Waals surface area contributed by atoms with E-state index in [1.54, 1.807) is 0 Å². The van der Waals surface area contributed by atoms with E-state index in [-0.39, 0.29) is 52.5 Å². The van der Waals surface area contributed by atoms with Gasteiger partial charge in [-0.1, -0.05) is 110 Å². The Morgan fingerprint density at radius 2 is 1.69 bits per heavy atom. The largest absolute Gasteiger partial charge is 0.478 e. The van der Waals surface area contributed by atoms with Gasteiger partial charge in [-0.15, -0.1) is 0 Å². The monoisotopic (exact) mass is 774 g/mol. The number of carbonyl (C=O) groups is 2. The number of benzene rings is 2. The van der Waals surface area contributed by atoms with Crippen molar-refractivity contribution in [1.29, 1.82) is 0 Å². The van der Waals surface area contributed by atoms with Crippen LogP contribution in [0.15, 0.2) is 60.2 Å². The van der Waals surface area contributed by atoms with Gasteiger partial charge in [-0.25, -0.2) is 9.59 Å². The summed E-state index contributed by atoms with van der Waals surface area (Å²) in [7, 11) is -2.32. The third-order valence-electron chi connectivity index (χ3n) is 12.0. The number of cyclic esters (lactones) is 1. The van der Waals surface area contributed by atoms with Crippen LogP contribution < -0.4 is 4.74 Å². The first-order chi connectivity index (χ1) is 25.2. The zero-order chi connectivity index (χ0) is 39.7. The molecule has 54 heavy (non-hydrogen) atoms. The molecule has 0 aromatic heterocycles. The number of fused-ring (bicyclic) bond motifs is 2. The highest BCUT2D eigenvalue weighted by Gasteiger charge is 2.55. The van der Waals surface area contributed by atoms with Gasteiger partial charge in [-0.2, -0.15) is 0 Å². The Labute approximate surface area is 329 Å². The van der Waals surface area contributed by atoms with Crippen molar-refractivity contribution >= 4 is 40.8 Å². The van der Waals surface area contributed by atoms with E-state index in [4.69, 9.17) is 23.1 Å². The van der Waals surface area contributed by atoms with Gasteiger partial charge in [0.25, 0.3) is 0 Å². The smallest absolute Gasteiger partial charge is 0.347 e. The average Bonchev–Trinajstić information content (AvgIpc) is 3.08. The van der Waals surface area contributed by atoms with Crippen molar-refractivity contribution in [3.63, 3.8) is 0 Å². The highest BCUT2D eigenvalue weighted by molar-refractivity contribution is 6.49. The standard InChI is InChI=1S/C45H66O7Si2/c1-14-36(49-39-28(2)19-21-30-17-15-16-18-34(30)39)41(46)50-37-26-32(43(4,5)6)25-31-22-20-29(3)45(38(31)37,52-54(12)13)24-23-33-27-35(44(7,8)9)40(42(47)48-33)51-53(10)11/h15-22,25,29,32-33,35-38,40H,14,23-24,26-27H2,1-13H3/t29-,32+,33+,35-,36?,37-,38+,40?,45-/m0/s1. The van der Waals surface area contributed by atoms with Crippen LogP contribution in [0.1, 0.15) is 93.1 Å². The number of hydrogen-bond donors (Lipinski definition) is 0. The Morgan fingerprint density at radius 1 is 0.981 bits per heavy atom. The van der Waals surface area contributed by atoms with Gasteiger partial charge < -0.3 is 23.1 Å². The van der Waals surface area contributed by atoms with E-state index in [0.29, 0.717) is 25.7 Å². The number of carbonyl (C=O) groups excluding carboxylic acids is 2. The predicted molar refractivity (Wildman–Crippen MR) is 221 cm³/mol. The van der Waals surface area contributed by atoms with Crippen LogP contribution in [0.4, 0.5) is 0 Å². The number of aryl methyl sites for hydroxylation is 1. The second kappa shape index (κ2) is 16.8. The molecule has 1 fully saturated rings. The lowest BCUT2D eigenvalue weighted by Gasteiger charge is -2.54. The number of ether oxygens (including phenoxy) is 3. The molecule has 2 aromatic carbocycles. The molecule has 5 rings (SSSR count). The Morgan fingerprint density at radius 3 is 2.31 bits per heavy atom. The molecule has 1 saturated heterocycles. The van der Waals surface area contributed by atoms with Crippen molar-refractivity contribution in [2.45, 2.75) is 151 Å². The van der Waals surface area contributed by atoms with Crippen LogP contribution in [-0.2, 0) is 27.9 Å². The lowest BCUT2D eigenvalue weighted by Crippen LogP contribution is -2.58. The van der Waals surface area contributed by atoms with Crippen molar-refractivity contribution in [1.82, 2.24) is 0 Å². The van der Waals surface area contributed by atoms with Gasteiger partial charge in [-0.3, -0.25) is 0 Å². The van der Waals surface area contributed by atoms with E-state index in [2.05, 4.69) is 105 Å². The van der Waals surface area contributed by atoms with Crippen molar-refractivity contribution in [3.05, 3.63) is 65.8 Å². The van der Waals surface area contributed by atoms with Crippen LogP contribution >= 0.6 is 0 Å². The van der Waals surface area contributed by atoms with Gasteiger partial charge in [0, 0.05) is 23.1 Å². The highest BCUT2D eigenvalue weighted by Crippen LogP contribution is 2.53. The van der Waals surface area contributed by atoms with E-state index in [0.717, 1.165) is 28.5 Å². The van der Waals surface area contributed by atoms with Gasteiger partial charge in [0.15, 0.2) is 6.10 Å². The van der Waals surface area contributed by atoms with Gasteiger partial charge >= 0.3 is 11.9 Å². The Balaban J connectivity index is 1.49. The molecule has 2 unspecified atom stereocenters. The summed E-state index contributed by atoms with van der Waals surface area (Å²) in [5.74, 6) is 0.237. The normalized spacial score (nSPS) is 29.5. The molecular weight excluding hydrogens is 709 g/mol. The molecule has 1 aliphatic heterocycles. The summed E-state index contributed by atoms with van der Waals surface area (Å²) < 4.78 is 33.1. The summed E-state index contributed by atoms with van der Waals surface area (Å²) >= 11 is 0. The third-order valence-corrected chi connectivity index (χ3v) is 13.5. The molecule has 2 radical (unpaired) electrons. The minimum atomic E-state index is -1.22. The van der Waals surface area contributed by atoms with Crippen LogP contribution in [0, 0.1) is 41.4 Å². The summed E-state index contributed by atoms with van der Waals surface area (Å²) in [6.45, 7) is 28.1. The molecule has 2 aliphatic carbocycles. The zero-order valence-corrected chi connectivity index (χ0v) is 37.2. The third kappa shape index (κ3) is 9.27. The van der Waals surface area contributed by atoms with Crippen LogP contribution in [0.5, 0.6) is 5.75 Å². The maximum atomic E-state index is 14.4. The number of esters is 2. The highest BCUT2D eigenvalue weighted by atomic mass is 28.3. The summed E-state index contributed by atoms with van der Waals surface area (Å²) in [5, 5.41) is 2.05. The number of allylic oxidation sites excluding steroid dienone is 2. The molecule has 9 atom stereocenters. The Kier molecular flexibility index (Phi) is 13.2. The van der Waals surface area contributed by atoms with Gasteiger partial charge in [0.05, 0.1) is 5.60 Å². The number of hydrogen-bond acceptors (Lipinski definition) is 7. The molecule has 0 spiro atoms. The fourth-order valence-corrected chi connectivity index (χ4v) is 10.9. The fraction of sp³-hybridized carbons (Fsp3) is 0.644. The Hall–Kier alpha value is -2.73. The first-order valence-corrected chi connectivity index (χ1v) is 25.0. The first kappa shape index (κ1) is 42.4. The molecule has 7 nitrogen and oxygen atoms in total. The average molecular weight is 775 g/mol. The van der Waals surface area contributed by atoms with Crippen molar-refractivity contribution in [3.8, 4) is 5.75 Å². The molecule has 2 aromatic rings. The van der Waals surface area contributed by atoms with E-state index in [9.17, 15) is 9.59 Å². The van der Waals surface area contributed by atoms with Crippen LogP contribution in [0.25, 0.3) is 10.8 Å². The lowest BCUT2D eigenvalue weighted by atomic mass is 9.59. The van der Waals surface area contributed by atoms with Gasteiger partial charge in [0.2, 0.25) is 18.1 Å². The number of rotatable bonds is 12. The minimum absolute atomic E-state index is 0.0385. The van der Waals surface area contributed by atoms with Gasteiger partial charge in [0.1, 0.15) is 24.1 Å². The second-order valence-corrected chi connectivity index (χ2v) is 22.7. The SMILES string of the molecule is CCC(Oc1c(C)ccc2ccccc12)C(=O)O[C@H]1C[C@H](C(C)(C)C)C=C2C=C[C@H](C)[C@](CC[C@@H]3C[C@H](C(C)(C)C)C(O[Si](C)C)C(=O)O3)(O[Si](C)C)[C@H]21. The van der Waals surface area contributed by atoms with E-state index >= 15 is 0 Å². The van der Waals surface area contributed by atoms with Crippen molar-refractivity contribution < 1.29 is 32.7 Å². The van der Waals surface area contributed by atoms with Gasteiger partial charge in [-0.05, 0) is 98.5 Å². The van der Waals surface area contributed by atoms with Crippen LogP contribution in [0.2, 0.25) is 26.2 Å². The van der Waals surface area contributed by atoms with Crippen LogP contribution in [-0.4, -0.2) is 60.0 Å². The summed E-state index contributed by atoms with van der Waals surface area (Å²) in [6.07, 6.45) is 8.19. The maximum absolute atomic E-state index is 14.4. The molecule has 3 aliphatic rings. The topological polar surface area (TPSA) is 80.3 Å². The maximum Gasteiger partial charge on any atom is 0.347 e. The summed E-state index contributed by atoms with van der Waals surface area (Å²) in [5.41, 5.74) is 1.34. The molecule has 9 heteroatoms. The summed E-state index contributed by atoms with van der Waals surface area (Å²) in [4.78, 5) is 28.0. The van der Waals surface area contributed by atoms with E-state index < -0.39 is 42.0 Å². The molecule has 296 valence electrons. The predicted octanol–water partition coefficient (Wildman–Crippen LogP) is 10.4.